The van der Waals surface area contributed by atoms with E-state index in [0.717, 1.165) is 31.9 Å². The van der Waals surface area contributed by atoms with E-state index in [-0.39, 0.29) is 6.04 Å². The number of anilines is 2. The molecule has 4 rings (SSSR count). The first-order valence-corrected chi connectivity index (χ1v) is 8.88. The normalized spacial score (nSPS) is 15.7. The Kier molecular flexibility index (Phi) is 4.84. The van der Waals surface area contributed by atoms with Crippen molar-refractivity contribution >= 4 is 11.6 Å². The van der Waals surface area contributed by atoms with Crippen molar-refractivity contribution in [1.82, 2.24) is 10.1 Å². The lowest BCUT2D eigenvalue weighted by Crippen LogP contribution is -2.36. The second kappa shape index (κ2) is 7.58. The van der Waals surface area contributed by atoms with E-state index in [1.165, 1.54) is 11.3 Å². The lowest BCUT2D eigenvalue weighted by atomic mass is 10.1. The van der Waals surface area contributed by atoms with Gasteiger partial charge in [0.15, 0.2) is 0 Å². The molecule has 1 aromatic heterocycles. The second-order valence-corrected chi connectivity index (χ2v) is 6.35. The number of nitrogens with zero attached hydrogens (tertiary/aromatic N) is 3. The van der Waals surface area contributed by atoms with Crippen LogP contribution in [0.5, 0.6) is 0 Å². The van der Waals surface area contributed by atoms with Crippen LogP contribution in [-0.2, 0) is 4.74 Å². The largest absolute Gasteiger partial charge is 0.378 e. The molecule has 6 nitrogen and oxygen atoms in total. The van der Waals surface area contributed by atoms with E-state index >= 15 is 0 Å². The Morgan fingerprint density at radius 2 is 1.73 bits per heavy atom. The lowest BCUT2D eigenvalue weighted by Gasteiger charge is -2.29. The summed E-state index contributed by atoms with van der Waals surface area (Å²) in [5, 5.41) is 7.33. The highest BCUT2D eigenvalue weighted by atomic mass is 16.5. The number of hydrogen-bond acceptors (Lipinski definition) is 6. The quantitative estimate of drug-likeness (QED) is 0.756. The molecule has 2 aromatic carbocycles. The van der Waals surface area contributed by atoms with Crippen molar-refractivity contribution in [3.63, 3.8) is 0 Å². The van der Waals surface area contributed by atoms with Gasteiger partial charge >= 0.3 is 0 Å². The van der Waals surface area contributed by atoms with Crippen LogP contribution in [0.25, 0.3) is 11.5 Å². The van der Waals surface area contributed by atoms with E-state index in [0.29, 0.717) is 11.8 Å². The molecule has 0 aliphatic carbocycles. The van der Waals surface area contributed by atoms with Crippen LogP contribution in [0, 0.1) is 0 Å². The third-order valence-corrected chi connectivity index (χ3v) is 4.56. The highest BCUT2D eigenvalue weighted by molar-refractivity contribution is 5.54. The SMILES string of the molecule is CC(Nc1noc(-c2ccccc2)n1)c1ccc(N2CCOCC2)cc1. The summed E-state index contributed by atoms with van der Waals surface area (Å²) in [6.45, 7) is 5.56. The first-order chi connectivity index (χ1) is 12.8. The number of hydrogen-bond donors (Lipinski definition) is 1. The summed E-state index contributed by atoms with van der Waals surface area (Å²) < 4.78 is 10.8. The van der Waals surface area contributed by atoms with E-state index in [1.54, 1.807) is 0 Å². The van der Waals surface area contributed by atoms with E-state index in [9.17, 15) is 0 Å². The fourth-order valence-electron chi connectivity index (χ4n) is 3.05. The minimum Gasteiger partial charge on any atom is -0.378 e. The van der Waals surface area contributed by atoms with Gasteiger partial charge in [0.25, 0.3) is 11.8 Å². The summed E-state index contributed by atoms with van der Waals surface area (Å²) in [6, 6.07) is 18.4. The molecule has 26 heavy (non-hydrogen) atoms. The fourth-order valence-corrected chi connectivity index (χ4v) is 3.05. The zero-order valence-electron chi connectivity index (χ0n) is 14.8. The molecule has 1 N–H and O–H groups in total. The van der Waals surface area contributed by atoms with Gasteiger partial charge in [-0.1, -0.05) is 30.3 Å². The Balaban J connectivity index is 1.41. The van der Waals surface area contributed by atoms with Crippen molar-refractivity contribution in [2.75, 3.05) is 36.5 Å². The number of aromatic nitrogens is 2. The molecule has 0 bridgehead atoms. The van der Waals surface area contributed by atoms with Crippen LogP contribution in [0.2, 0.25) is 0 Å². The molecule has 1 atom stereocenters. The molecule has 0 spiro atoms. The van der Waals surface area contributed by atoms with Gasteiger partial charge in [-0.15, -0.1) is 0 Å². The third-order valence-electron chi connectivity index (χ3n) is 4.56. The maximum atomic E-state index is 5.41. The first kappa shape index (κ1) is 16.6. The van der Waals surface area contributed by atoms with Gasteiger partial charge in [-0.25, -0.2) is 0 Å². The highest BCUT2D eigenvalue weighted by Crippen LogP contribution is 2.23. The van der Waals surface area contributed by atoms with Crippen molar-refractivity contribution in [2.24, 2.45) is 0 Å². The average Bonchev–Trinajstić information content (AvgIpc) is 3.18. The number of nitrogens with one attached hydrogen (secondary N) is 1. The van der Waals surface area contributed by atoms with Gasteiger partial charge in [0.2, 0.25) is 0 Å². The Bertz CT molecular complexity index is 827. The minimum absolute atomic E-state index is 0.0787. The summed E-state index contributed by atoms with van der Waals surface area (Å²) >= 11 is 0. The summed E-state index contributed by atoms with van der Waals surface area (Å²) in [6.07, 6.45) is 0. The second-order valence-electron chi connectivity index (χ2n) is 6.35. The van der Waals surface area contributed by atoms with Gasteiger partial charge in [0.05, 0.1) is 19.3 Å². The monoisotopic (exact) mass is 350 g/mol. The van der Waals surface area contributed by atoms with Gasteiger partial charge in [-0.3, -0.25) is 0 Å². The van der Waals surface area contributed by atoms with Crippen molar-refractivity contribution in [2.45, 2.75) is 13.0 Å². The molecule has 2 heterocycles. The van der Waals surface area contributed by atoms with Gasteiger partial charge in [-0.05, 0) is 41.9 Å². The smallest absolute Gasteiger partial charge is 0.264 e. The Hall–Kier alpha value is -2.86. The molecule has 1 fully saturated rings. The molecule has 0 amide bonds. The molecule has 134 valence electrons. The third kappa shape index (κ3) is 3.70. The van der Waals surface area contributed by atoms with Crippen LogP contribution in [0.15, 0.2) is 59.1 Å². The zero-order chi connectivity index (χ0) is 17.8. The fraction of sp³-hybridized carbons (Fsp3) is 0.300. The summed E-state index contributed by atoms with van der Waals surface area (Å²) in [5.41, 5.74) is 3.32. The highest BCUT2D eigenvalue weighted by Gasteiger charge is 2.14. The molecular weight excluding hydrogens is 328 g/mol. The van der Waals surface area contributed by atoms with Crippen LogP contribution in [0.4, 0.5) is 11.6 Å². The van der Waals surface area contributed by atoms with E-state index in [2.05, 4.69) is 51.5 Å². The minimum atomic E-state index is 0.0787. The van der Waals surface area contributed by atoms with Gasteiger partial charge < -0.3 is 19.5 Å². The molecule has 1 unspecified atom stereocenters. The molecule has 1 aliphatic rings. The predicted octanol–water partition coefficient (Wildman–Crippen LogP) is 3.75. The number of benzene rings is 2. The van der Waals surface area contributed by atoms with Gasteiger partial charge in [0, 0.05) is 24.3 Å². The van der Waals surface area contributed by atoms with Crippen molar-refractivity contribution in [3.05, 3.63) is 60.2 Å². The van der Waals surface area contributed by atoms with E-state index < -0.39 is 0 Å². The molecule has 1 aliphatic heterocycles. The molecule has 1 saturated heterocycles. The van der Waals surface area contributed by atoms with Crippen molar-refractivity contribution in [3.8, 4) is 11.5 Å². The Morgan fingerprint density at radius 1 is 1.00 bits per heavy atom. The zero-order valence-corrected chi connectivity index (χ0v) is 14.8. The topological polar surface area (TPSA) is 63.4 Å². The van der Waals surface area contributed by atoms with Gasteiger partial charge in [0.1, 0.15) is 0 Å². The number of rotatable bonds is 5. The Morgan fingerprint density at radius 3 is 2.46 bits per heavy atom. The standard InChI is InChI=1S/C20H22N4O2/c1-15(16-7-9-18(10-8-16)24-11-13-25-14-12-24)21-20-22-19(26-23-20)17-5-3-2-4-6-17/h2-10,15H,11-14H2,1H3,(H,21,23). The molecule has 6 heteroatoms. The lowest BCUT2D eigenvalue weighted by molar-refractivity contribution is 0.122. The molecule has 0 radical (unpaired) electrons. The summed E-state index contributed by atoms with van der Waals surface area (Å²) in [5.74, 6) is 1.01. The van der Waals surface area contributed by atoms with Gasteiger partial charge in [-0.2, -0.15) is 4.98 Å². The first-order valence-electron chi connectivity index (χ1n) is 8.88. The van der Waals surface area contributed by atoms with Crippen LogP contribution in [0.1, 0.15) is 18.5 Å². The van der Waals surface area contributed by atoms with E-state index in [4.69, 9.17) is 9.26 Å². The van der Waals surface area contributed by atoms with Crippen LogP contribution in [0.3, 0.4) is 0 Å². The Labute approximate surface area is 152 Å². The van der Waals surface area contributed by atoms with Crippen LogP contribution in [-0.4, -0.2) is 36.4 Å². The number of morpholine rings is 1. The van der Waals surface area contributed by atoms with Crippen molar-refractivity contribution < 1.29 is 9.26 Å². The molecule has 0 saturated carbocycles. The van der Waals surface area contributed by atoms with Crippen LogP contribution < -0.4 is 10.2 Å². The predicted molar refractivity (Wildman–Crippen MR) is 101 cm³/mol. The average molecular weight is 350 g/mol. The summed E-state index contributed by atoms with van der Waals surface area (Å²) in [4.78, 5) is 6.77. The van der Waals surface area contributed by atoms with Crippen molar-refractivity contribution in [1.29, 1.82) is 0 Å². The molecule has 3 aromatic rings. The maximum absolute atomic E-state index is 5.41. The maximum Gasteiger partial charge on any atom is 0.264 e. The number of ether oxygens (including phenoxy) is 1. The molecular formula is C20H22N4O2. The van der Waals surface area contributed by atoms with E-state index in [1.807, 2.05) is 30.3 Å². The van der Waals surface area contributed by atoms with Crippen LogP contribution >= 0.6 is 0 Å². The summed E-state index contributed by atoms with van der Waals surface area (Å²) in [7, 11) is 0.